The normalized spacial score (nSPS) is 11.1. The Hall–Kier alpha value is -10.6. The van der Waals surface area contributed by atoms with Crippen LogP contribution in [-0.2, 0) is 0 Å². The van der Waals surface area contributed by atoms with Crippen molar-refractivity contribution in [2.24, 2.45) is 0 Å². The van der Waals surface area contributed by atoms with Gasteiger partial charge >= 0.3 is 0 Å². The molecule has 0 bridgehead atoms. The Balaban J connectivity index is 0.746. The molecule has 13 aromatic rings. The molecule has 0 saturated carbocycles. The maximum absolute atomic E-state index is 4.52. The molecule has 0 aliphatic rings. The lowest BCUT2D eigenvalue weighted by molar-refractivity contribution is 1.09. The molecule has 0 fully saturated rings. The molecule has 9 aromatic carbocycles. The van der Waals surface area contributed by atoms with Gasteiger partial charge in [0.25, 0.3) is 0 Å². The smallest absolute Gasteiger partial charge is 0.0644 e. The van der Waals surface area contributed by atoms with Crippen molar-refractivity contribution in [3.8, 4) is 78.7 Å². The average Bonchev–Trinajstić information content (AvgIpc) is 4.21. The van der Waals surface area contributed by atoms with Gasteiger partial charge in [0, 0.05) is 46.5 Å². The Morgan fingerprint density at radius 2 is 0.462 bits per heavy atom. The SMILES string of the molecule is c1ccc(-c2ccc(-c3ccc(N(c4ccc(-c5ccc(-c6ccc(N(c7ccc(-c8ccc(-c9ccccc9)n8-c8ccccc8)cc7)c7cccnc7)cc6)cc5)cc4)c4cccnc4)cc3)n2-c2ccccc2)cc1. The van der Waals surface area contributed by atoms with Crippen molar-refractivity contribution in [1.29, 1.82) is 0 Å². The van der Waals surface area contributed by atoms with E-state index in [1.54, 1.807) is 0 Å². The van der Waals surface area contributed by atoms with Crippen LogP contribution in [0.4, 0.5) is 34.1 Å². The minimum atomic E-state index is 0.984. The minimum Gasteiger partial charge on any atom is -0.309 e. The summed E-state index contributed by atoms with van der Waals surface area (Å²) in [6.07, 6.45) is 7.47. The molecule has 0 radical (unpaired) electrons. The van der Waals surface area contributed by atoms with Gasteiger partial charge in [0.2, 0.25) is 0 Å². The molecule has 0 saturated heterocycles. The highest BCUT2D eigenvalue weighted by Crippen LogP contribution is 2.41. The van der Waals surface area contributed by atoms with Crippen molar-refractivity contribution in [1.82, 2.24) is 19.1 Å². The number of benzene rings is 9. The van der Waals surface area contributed by atoms with Gasteiger partial charge in [-0.3, -0.25) is 9.97 Å². The van der Waals surface area contributed by atoms with Crippen LogP contribution in [-0.4, -0.2) is 19.1 Å². The number of hydrogen-bond acceptors (Lipinski definition) is 4. The van der Waals surface area contributed by atoms with Crippen molar-refractivity contribution in [3.05, 3.63) is 316 Å². The summed E-state index contributed by atoms with van der Waals surface area (Å²) in [7, 11) is 0. The zero-order valence-electron chi connectivity index (χ0n) is 42.7. The lowest BCUT2D eigenvalue weighted by Gasteiger charge is -2.25. The molecule has 6 heteroatoms. The minimum absolute atomic E-state index is 0.984. The number of pyridine rings is 2. The first-order chi connectivity index (χ1) is 38.7. The Bertz CT molecular complexity index is 3780. The van der Waals surface area contributed by atoms with Crippen molar-refractivity contribution >= 4 is 34.1 Å². The topological polar surface area (TPSA) is 42.1 Å². The van der Waals surface area contributed by atoms with Crippen molar-refractivity contribution in [2.75, 3.05) is 9.80 Å². The summed E-state index contributed by atoms with van der Waals surface area (Å²) in [5.74, 6) is 0. The number of hydrogen-bond donors (Lipinski definition) is 0. The van der Waals surface area contributed by atoms with Gasteiger partial charge in [0.15, 0.2) is 0 Å². The molecule has 0 aliphatic heterocycles. The van der Waals surface area contributed by atoms with Crippen molar-refractivity contribution < 1.29 is 0 Å². The van der Waals surface area contributed by atoms with Gasteiger partial charge in [0.1, 0.15) is 0 Å². The summed E-state index contributed by atoms with van der Waals surface area (Å²) in [5, 5.41) is 0. The van der Waals surface area contributed by atoms with Crippen LogP contribution in [0.1, 0.15) is 0 Å². The first-order valence-electron chi connectivity index (χ1n) is 26.3. The highest BCUT2D eigenvalue weighted by atomic mass is 15.2. The summed E-state index contributed by atoms with van der Waals surface area (Å²) in [6, 6.07) is 104. The van der Waals surface area contributed by atoms with Crippen LogP contribution in [0.25, 0.3) is 78.7 Å². The molecule has 370 valence electrons. The van der Waals surface area contributed by atoms with Crippen molar-refractivity contribution in [3.63, 3.8) is 0 Å². The van der Waals surface area contributed by atoms with Crippen molar-refractivity contribution in [2.45, 2.75) is 0 Å². The van der Waals surface area contributed by atoms with Crippen LogP contribution in [0.5, 0.6) is 0 Å². The Labute approximate surface area is 455 Å². The number of rotatable bonds is 14. The highest BCUT2D eigenvalue weighted by molar-refractivity contribution is 5.83. The van der Waals surface area contributed by atoms with E-state index in [4.69, 9.17) is 0 Å². The summed E-state index contributed by atoms with van der Waals surface area (Å²) < 4.78 is 4.69. The molecule has 4 heterocycles. The summed E-state index contributed by atoms with van der Waals surface area (Å²) in [4.78, 5) is 13.6. The highest BCUT2D eigenvalue weighted by Gasteiger charge is 2.19. The van der Waals surface area contributed by atoms with E-state index in [1.807, 2.05) is 36.9 Å². The number of aromatic nitrogens is 4. The Morgan fingerprint density at radius 1 is 0.205 bits per heavy atom. The quantitative estimate of drug-likeness (QED) is 0.109. The van der Waals surface area contributed by atoms with Gasteiger partial charge in [0.05, 0.1) is 46.5 Å². The van der Waals surface area contributed by atoms with E-state index in [2.05, 4.69) is 308 Å². The summed E-state index contributed by atoms with van der Waals surface area (Å²) in [5.41, 5.74) is 22.1. The second-order valence-electron chi connectivity index (χ2n) is 19.1. The van der Waals surface area contributed by atoms with Gasteiger partial charge in [-0.15, -0.1) is 0 Å². The number of nitrogens with zero attached hydrogens (tertiary/aromatic N) is 6. The first-order valence-corrected chi connectivity index (χ1v) is 26.3. The maximum Gasteiger partial charge on any atom is 0.0644 e. The fraction of sp³-hybridized carbons (Fsp3) is 0. The summed E-state index contributed by atoms with van der Waals surface area (Å²) in [6.45, 7) is 0. The molecule has 78 heavy (non-hydrogen) atoms. The van der Waals surface area contributed by atoms with Crippen LogP contribution in [0, 0.1) is 0 Å². The first kappa shape index (κ1) is 47.2. The van der Waals surface area contributed by atoms with E-state index in [9.17, 15) is 0 Å². The van der Waals surface area contributed by atoms with Crippen LogP contribution < -0.4 is 9.80 Å². The second kappa shape index (κ2) is 21.4. The molecule has 4 aromatic heterocycles. The van der Waals surface area contributed by atoms with Crippen LogP contribution in [0.15, 0.2) is 316 Å². The third kappa shape index (κ3) is 9.47. The van der Waals surface area contributed by atoms with Crippen LogP contribution in [0.3, 0.4) is 0 Å². The Kier molecular flexibility index (Phi) is 12.9. The van der Waals surface area contributed by atoms with E-state index in [1.165, 1.54) is 11.1 Å². The number of para-hydroxylation sites is 2. The fourth-order valence-electron chi connectivity index (χ4n) is 10.6. The lowest BCUT2D eigenvalue weighted by atomic mass is 9.99. The van der Waals surface area contributed by atoms with E-state index in [0.717, 1.165) is 102 Å². The molecule has 0 unspecified atom stereocenters. The van der Waals surface area contributed by atoms with Gasteiger partial charge < -0.3 is 18.9 Å². The molecule has 0 amide bonds. The molecule has 0 atom stereocenters. The van der Waals surface area contributed by atoms with Gasteiger partial charge in [-0.2, -0.15) is 0 Å². The molecule has 0 spiro atoms. The average molecular weight is 1000 g/mol. The van der Waals surface area contributed by atoms with Crippen LogP contribution >= 0.6 is 0 Å². The van der Waals surface area contributed by atoms with Crippen LogP contribution in [0.2, 0.25) is 0 Å². The molecular formula is C72H52N6. The van der Waals surface area contributed by atoms with E-state index in [0.29, 0.717) is 0 Å². The third-order valence-corrected chi connectivity index (χ3v) is 14.4. The Morgan fingerprint density at radius 3 is 0.744 bits per heavy atom. The van der Waals surface area contributed by atoms with E-state index >= 15 is 0 Å². The molecule has 13 rings (SSSR count). The van der Waals surface area contributed by atoms with Gasteiger partial charge in [-0.1, -0.05) is 170 Å². The van der Waals surface area contributed by atoms with E-state index < -0.39 is 0 Å². The molecule has 0 aliphatic carbocycles. The largest absolute Gasteiger partial charge is 0.309 e. The van der Waals surface area contributed by atoms with Gasteiger partial charge in [-0.25, -0.2) is 0 Å². The summed E-state index contributed by atoms with van der Waals surface area (Å²) >= 11 is 0. The lowest BCUT2D eigenvalue weighted by Crippen LogP contribution is -2.10. The number of anilines is 6. The monoisotopic (exact) mass is 1000 g/mol. The standard InChI is InChI=1S/C72H52N6/c1-5-15-57(16-6-1)69-45-47-71(77(69)61-19-9-3-10-20-61)59-33-41-65(42-34-59)75(67-23-13-49-73-51-67)63-37-29-55(30-38-63)53-25-27-54(28-26-53)56-31-39-64(40-32-56)76(68-24-14-50-74-52-68)66-43-35-60(36-44-66)72-48-46-70(58-17-7-2-8-18-58)78(72)62-21-11-4-12-22-62/h1-52H. The molecule has 0 N–H and O–H groups in total. The molecular weight excluding hydrogens is 949 g/mol. The zero-order valence-corrected chi connectivity index (χ0v) is 42.7. The van der Waals surface area contributed by atoms with E-state index in [-0.39, 0.29) is 0 Å². The second-order valence-corrected chi connectivity index (χ2v) is 19.1. The third-order valence-electron chi connectivity index (χ3n) is 14.4. The maximum atomic E-state index is 4.52. The predicted molar refractivity (Wildman–Crippen MR) is 323 cm³/mol. The zero-order chi connectivity index (χ0) is 52.0. The fourth-order valence-corrected chi connectivity index (χ4v) is 10.6. The predicted octanol–water partition coefficient (Wildman–Crippen LogP) is 19.0. The van der Waals surface area contributed by atoms with Gasteiger partial charge in [-0.05, 0) is 166 Å². The molecule has 6 nitrogen and oxygen atoms in total.